The minimum atomic E-state index is 0.207. The molecule has 1 heterocycles. The lowest BCUT2D eigenvalue weighted by atomic mass is 10.1. The third-order valence-electron chi connectivity index (χ3n) is 3.57. The van der Waals surface area contributed by atoms with Crippen molar-refractivity contribution in [3.63, 3.8) is 0 Å². The second-order valence-electron chi connectivity index (χ2n) is 4.93. The van der Waals surface area contributed by atoms with Gasteiger partial charge in [0.15, 0.2) is 0 Å². The fraction of sp³-hybridized carbons (Fsp3) is 0.500. The SMILES string of the molecule is NC(=S)c1cc(Cl)ccc1N1CCCN(CCO)CC1. The van der Waals surface area contributed by atoms with Gasteiger partial charge in [0.1, 0.15) is 4.99 Å². The quantitative estimate of drug-likeness (QED) is 0.825. The largest absolute Gasteiger partial charge is 0.395 e. The normalized spacial score (nSPS) is 17.0. The van der Waals surface area contributed by atoms with Crippen LogP contribution in [-0.2, 0) is 0 Å². The highest BCUT2D eigenvalue weighted by Crippen LogP contribution is 2.25. The molecule has 1 fully saturated rings. The van der Waals surface area contributed by atoms with E-state index < -0.39 is 0 Å². The van der Waals surface area contributed by atoms with Gasteiger partial charge in [-0.1, -0.05) is 23.8 Å². The molecular weight excluding hydrogens is 294 g/mol. The van der Waals surface area contributed by atoms with Crippen molar-refractivity contribution in [2.24, 2.45) is 5.73 Å². The fourth-order valence-electron chi connectivity index (χ4n) is 2.56. The molecule has 1 aromatic carbocycles. The lowest BCUT2D eigenvalue weighted by molar-refractivity contribution is 0.204. The fourth-order valence-corrected chi connectivity index (χ4v) is 2.89. The first-order chi connectivity index (χ1) is 9.61. The van der Waals surface area contributed by atoms with Gasteiger partial charge in [0.05, 0.1) is 6.61 Å². The molecule has 1 aliphatic heterocycles. The summed E-state index contributed by atoms with van der Waals surface area (Å²) in [6.07, 6.45) is 1.05. The molecule has 0 spiro atoms. The first-order valence-corrected chi connectivity index (χ1v) is 7.58. The molecule has 0 atom stereocenters. The summed E-state index contributed by atoms with van der Waals surface area (Å²) in [4.78, 5) is 4.94. The number of β-amino-alcohol motifs (C(OH)–C–C–N with tert-alkyl or cyclic N) is 1. The van der Waals surface area contributed by atoms with E-state index in [-0.39, 0.29) is 6.61 Å². The van der Waals surface area contributed by atoms with Crippen LogP contribution in [0, 0.1) is 0 Å². The Morgan fingerprint density at radius 2 is 2.10 bits per heavy atom. The maximum absolute atomic E-state index is 9.04. The molecular formula is C14H20ClN3OS. The van der Waals surface area contributed by atoms with Crippen molar-refractivity contribution in [2.75, 3.05) is 44.2 Å². The molecule has 0 aliphatic carbocycles. The van der Waals surface area contributed by atoms with Crippen LogP contribution in [0.15, 0.2) is 18.2 Å². The lowest BCUT2D eigenvalue weighted by Crippen LogP contribution is -2.33. The number of aliphatic hydroxyl groups is 1. The molecule has 6 heteroatoms. The Morgan fingerprint density at radius 3 is 2.80 bits per heavy atom. The van der Waals surface area contributed by atoms with Crippen LogP contribution >= 0.6 is 23.8 Å². The van der Waals surface area contributed by atoms with Gasteiger partial charge >= 0.3 is 0 Å². The Kier molecular flexibility index (Phi) is 5.60. The van der Waals surface area contributed by atoms with Crippen LogP contribution in [0.1, 0.15) is 12.0 Å². The molecule has 0 radical (unpaired) electrons. The van der Waals surface area contributed by atoms with Crippen molar-refractivity contribution < 1.29 is 5.11 Å². The van der Waals surface area contributed by atoms with Crippen molar-refractivity contribution in [1.29, 1.82) is 0 Å². The molecule has 1 aliphatic rings. The molecule has 0 aromatic heterocycles. The summed E-state index contributed by atoms with van der Waals surface area (Å²) in [5, 5.41) is 9.68. The second kappa shape index (κ2) is 7.22. The van der Waals surface area contributed by atoms with Crippen LogP contribution in [0.5, 0.6) is 0 Å². The average Bonchev–Trinajstić information content (AvgIpc) is 2.65. The van der Waals surface area contributed by atoms with Crippen LogP contribution < -0.4 is 10.6 Å². The summed E-state index contributed by atoms with van der Waals surface area (Å²) in [5.74, 6) is 0. The third kappa shape index (κ3) is 3.82. The van der Waals surface area contributed by atoms with Crippen LogP contribution in [0.25, 0.3) is 0 Å². The number of halogens is 1. The van der Waals surface area contributed by atoms with E-state index in [0.717, 1.165) is 50.4 Å². The maximum Gasteiger partial charge on any atom is 0.106 e. The van der Waals surface area contributed by atoms with Crippen molar-refractivity contribution in [1.82, 2.24) is 4.90 Å². The topological polar surface area (TPSA) is 52.7 Å². The van der Waals surface area contributed by atoms with Gasteiger partial charge in [-0.15, -0.1) is 0 Å². The van der Waals surface area contributed by atoms with Crippen molar-refractivity contribution in [2.45, 2.75) is 6.42 Å². The van der Waals surface area contributed by atoms with Crippen LogP contribution in [-0.4, -0.2) is 54.3 Å². The number of hydrogen-bond acceptors (Lipinski definition) is 4. The summed E-state index contributed by atoms with van der Waals surface area (Å²) in [7, 11) is 0. The van der Waals surface area contributed by atoms with E-state index in [4.69, 9.17) is 34.7 Å². The highest BCUT2D eigenvalue weighted by Gasteiger charge is 2.18. The van der Waals surface area contributed by atoms with Gasteiger partial charge in [-0.25, -0.2) is 0 Å². The average molecular weight is 314 g/mol. The van der Waals surface area contributed by atoms with E-state index >= 15 is 0 Å². The molecule has 1 saturated heterocycles. The molecule has 0 unspecified atom stereocenters. The lowest BCUT2D eigenvalue weighted by Gasteiger charge is -2.25. The molecule has 20 heavy (non-hydrogen) atoms. The predicted molar refractivity (Wildman–Crippen MR) is 87.7 cm³/mol. The van der Waals surface area contributed by atoms with E-state index in [2.05, 4.69) is 9.80 Å². The van der Waals surface area contributed by atoms with E-state index in [0.29, 0.717) is 10.0 Å². The highest BCUT2D eigenvalue weighted by molar-refractivity contribution is 7.80. The summed E-state index contributed by atoms with van der Waals surface area (Å²) in [6, 6.07) is 5.68. The molecule has 0 saturated carbocycles. The smallest absolute Gasteiger partial charge is 0.106 e. The number of benzene rings is 1. The van der Waals surface area contributed by atoms with E-state index in [9.17, 15) is 0 Å². The summed E-state index contributed by atoms with van der Waals surface area (Å²) in [6.45, 7) is 4.74. The Bertz CT molecular complexity index is 483. The molecule has 1 aromatic rings. The Labute approximate surface area is 130 Å². The molecule has 110 valence electrons. The minimum absolute atomic E-state index is 0.207. The van der Waals surface area contributed by atoms with Crippen LogP contribution in [0.2, 0.25) is 5.02 Å². The zero-order valence-corrected chi connectivity index (χ0v) is 13.0. The maximum atomic E-state index is 9.04. The minimum Gasteiger partial charge on any atom is -0.395 e. The molecule has 0 bridgehead atoms. The molecule has 2 rings (SSSR count). The Hall–Kier alpha value is -0.880. The molecule has 0 amide bonds. The van der Waals surface area contributed by atoms with Gasteiger partial charge in [0, 0.05) is 42.5 Å². The van der Waals surface area contributed by atoms with Gasteiger partial charge < -0.3 is 15.7 Å². The standard InChI is InChI=1S/C14H20ClN3OS/c15-11-2-3-13(12(10-11)14(16)20)18-5-1-4-17(6-7-18)8-9-19/h2-3,10,19H,1,4-9H2,(H2,16,20). The van der Waals surface area contributed by atoms with E-state index in [1.54, 1.807) is 0 Å². The second-order valence-corrected chi connectivity index (χ2v) is 5.81. The van der Waals surface area contributed by atoms with Gasteiger partial charge in [-0.05, 0) is 31.2 Å². The monoisotopic (exact) mass is 313 g/mol. The zero-order chi connectivity index (χ0) is 14.5. The van der Waals surface area contributed by atoms with Crippen LogP contribution in [0.4, 0.5) is 5.69 Å². The van der Waals surface area contributed by atoms with Gasteiger partial charge in [-0.3, -0.25) is 4.90 Å². The third-order valence-corrected chi connectivity index (χ3v) is 4.02. The Morgan fingerprint density at radius 1 is 1.30 bits per heavy atom. The Balaban J connectivity index is 2.17. The van der Waals surface area contributed by atoms with Crippen molar-refractivity contribution >= 4 is 34.5 Å². The highest BCUT2D eigenvalue weighted by atomic mass is 35.5. The summed E-state index contributed by atoms with van der Waals surface area (Å²) >= 11 is 11.2. The van der Waals surface area contributed by atoms with Crippen LogP contribution in [0.3, 0.4) is 0 Å². The number of anilines is 1. The number of rotatable bonds is 4. The first-order valence-electron chi connectivity index (χ1n) is 6.79. The number of nitrogens with two attached hydrogens (primary N) is 1. The molecule has 3 N–H and O–H groups in total. The van der Waals surface area contributed by atoms with Crippen molar-refractivity contribution in [3.8, 4) is 0 Å². The number of thiocarbonyl (C=S) groups is 1. The number of hydrogen-bond donors (Lipinski definition) is 2. The molecule has 4 nitrogen and oxygen atoms in total. The summed E-state index contributed by atoms with van der Waals surface area (Å²) < 4.78 is 0. The number of nitrogens with zero attached hydrogens (tertiary/aromatic N) is 2. The number of aliphatic hydroxyl groups excluding tert-OH is 1. The zero-order valence-electron chi connectivity index (χ0n) is 11.4. The van der Waals surface area contributed by atoms with Gasteiger partial charge in [-0.2, -0.15) is 0 Å². The summed E-state index contributed by atoms with van der Waals surface area (Å²) in [5.41, 5.74) is 7.69. The van der Waals surface area contributed by atoms with Crippen molar-refractivity contribution in [3.05, 3.63) is 28.8 Å². The van der Waals surface area contributed by atoms with E-state index in [1.165, 1.54) is 0 Å². The van der Waals surface area contributed by atoms with Gasteiger partial charge in [0.25, 0.3) is 0 Å². The van der Waals surface area contributed by atoms with E-state index in [1.807, 2.05) is 18.2 Å². The first kappa shape index (κ1) is 15.5. The predicted octanol–water partition coefficient (Wildman–Crippen LogP) is 1.48. The van der Waals surface area contributed by atoms with Gasteiger partial charge in [0.2, 0.25) is 0 Å².